The summed E-state index contributed by atoms with van der Waals surface area (Å²) in [5, 5.41) is 8.35. The molecule has 0 heterocycles. The van der Waals surface area contributed by atoms with Crippen LogP contribution in [0, 0.1) is 0 Å². The number of nitrogens with two attached hydrogens (primary N) is 2. The lowest BCUT2D eigenvalue weighted by molar-refractivity contribution is 0.289. The van der Waals surface area contributed by atoms with Gasteiger partial charge in [-0.3, -0.25) is 4.90 Å². The molecule has 0 unspecified atom stereocenters. The summed E-state index contributed by atoms with van der Waals surface area (Å²) in [6, 6.07) is 5.40. The predicted molar refractivity (Wildman–Crippen MR) is 81.0 cm³/mol. The highest BCUT2D eigenvalue weighted by molar-refractivity contribution is 7.89. The summed E-state index contributed by atoms with van der Waals surface area (Å²) in [6.45, 7) is 4.71. The Morgan fingerprint density at radius 2 is 2.10 bits per heavy atom. The fourth-order valence-corrected chi connectivity index (χ4v) is 3.04. The van der Waals surface area contributed by atoms with Gasteiger partial charge in [0.05, 0.1) is 5.69 Å². The molecule has 1 aliphatic carbocycles. The quantitative estimate of drug-likeness (QED) is 0.647. The van der Waals surface area contributed by atoms with Gasteiger partial charge < -0.3 is 11.1 Å². The highest BCUT2D eigenvalue weighted by Gasteiger charge is 2.27. The van der Waals surface area contributed by atoms with Crippen LogP contribution in [0.1, 0.15) is 19.8 Å². The van der Waals surface area contributed by atoms with Crippen LogP contribution in [0.3, 0.4) is 0 Å². The lowest BCUT2D eigenvalue weighted by Gasteiger charge is -2.20. The summed E-state index contributed by atoms with van der Waals surface area (Å²) in [6.07, 6.45) is 2.52. The Morgan fingerprint density at radius 3 is 2.65 bits per heavy atom. The van der Waals surface area contributed by atoms with E-state index in [9.17, 15) is 8.42 Å². The first kappa shape index (κ1) is 15.1. The normalized spacial score (nSPS) is 15.6. The second-order valence-corrected chi connectivity index (χ2v) is 6.62. The van der Waals surface area contributed by atoms with Crippen molar-refractivity contribution in [3.63, 3.8) is 0 Å². The third kappa shape index (κ3) is 3.84. The Morgan fingerprint density at radius 1 is 1.40 bits per heavy atom. The second-order valence-electron chi connectivity index (χ2n) is 5.09. The fourth-order valence-electron chi connectivity index (χ4n) is 2.29. The van der Waals surface area contributed by atoms with E-state index in [-0.39, 0.29) is 4.90 Å². The molecule has 0 spiro atoms. The Bertz CT molecular complexity index is 570. The summed E-state index contributed by atoms with van der Waals surface area (Å²) < 4.78 is 23.1. The first-order valence-corrected chi connectivity index (χ1v) is 8.36. The second kappa shape index (κ2) is 5.99. The van der Waals surface area contributed by atoms with Crippen LogP contribution in [0.2, 0.25) is 0 Å². The van der Waals surface area contributed by atoms with Crippen molar-refractivity contribution < 1.29 is 8.42 Å². The van der Waals surface area contributed by atoms with Gasteiger partial charge in [-0.15, -0.1) is 0 Å². The molecule has 1 aliphatic rings. The highest BCUT2D eigenvalue weighted by atomic mass is 32.2. The molecule has 0 radical (unpaired) electrons. The number of primary sulfonamides is 1. The van der Waals surface area contributed by atoms with Crippen LogP contribution in [0.4, 0.5) is 11.4 Å². The number of nitrogens with one attached hydrogen (secondary N) is 1. The third-order valence-electron chi connectivity index (χ3n) is 3.50. The Balaban J connectivity index is 2.02. The predicted octanol–water partition coefficient (Wildman–Crippen LogP) is 0.812. The summed E-state index contributed by atoms with van der Waals surface area (Å²) in [7, 11) is -3.77. The fraction of sp³-hybridized carbons (Fsp3) is 0.538. The minimum atomic E-state index is -3.77. The summed E-state index contributed by atoms with van der Waals surface area (Å²) in [4.78, 5) is 2.44. The van der Waals surface area contributed by atoms with E-state index in [0.717, 1.165) is 13.1 Å². The van der Waals surface area contributed by atoms with Gasteiger partial charge in [0.25, 0.3) is 0 Å². The molecule has 0 amide bonds. The number of rotatable bonds is 7. The minimum absolute atomic E-state index is 0.0481. The topological polar surface area (TPSA) is 101 Å². The van der Waals surface area contributed by atoms with Crippen LogP contribution >= 0.6 is 0 Å². The van der Waals surface area contributed by atoms with E-state index in [0.29, 0.717) is 24.0 Å². The van der Waals surface area contributed by atoms with Gasteiger partial charge in [-0.05, 0) is 37.6 Å². The standard InChI is InChI=1S/C13H22N4O2S/c1-2-17(11-4-5-11)8-7-16-12-6-3-10(14)9-13(12)20(15,18)19/h3,6,9,11,16H,2,4-5,7-8,14H2,1H3,(H2,15,18,19). The van der Waals surface area contributed by atoms with E-state index >= 15 is 0 Å². The molecule has 112 valence electrons. The molecule has 1 aromatic carbocycles. The number of benzene rings is 1. The monoisotopic (exact) mass is 298 g/mol. The first-order valence-electron chi connectivity index (χ1n) is 6.82. The molecule has 1 fully saturated rings. The smallest absolute Gasteiger partial charge is 0.240 e. The van der Waals surface area contributed by atoms with E-state index in [1.807, 2.05) is 0 Å². The van der Waals surface area contributed by atoms with Crippen molar-refractivity contribution in [2.45, 2.75) is 30.7 Å². The largest absolute Gasteiger partial charge is 0.399 e. The van der Waals surface area contributed by atoms with Gasteiger partial charge in [0.1, 0.15) is 4.90 Å². The van der Waals surface area contributed by atoms with Crippen molar-refractivity contribution in [3.05, 3.63) is 18.2 Å². The van der Waals surface area contributed by atoms with Gasteiger partial charge in [0.15, 0.2) is 0 Å². The molecule has 2 rings (SSSR count). The molecular formula is C13H22N4O2S. The summed E-state index contributed by atoms with van der Waals surface area (Å²) in [5.74, 6) is 0. The molecule has 5 N–H and O–H groups in total. The van der Waals surface area contributed by atoms with Gasteiger partial charge in [-0.25, -0.2) is 13.6 Å². The van der Waals surface area contributed by atoms with Crippen LogP contribution in [0.5, 0.6) is 0 Å². The van der Waals surface area contributed by atoms with Gasteiger partial charge in [-0.2, -0.15) is 0 Å². The minimum Gasteiger partial charge on any atom is -0.399 e. The van der Waals surface area contributed by atoms with Gasteiger partial charge in [0, 0.05) is 24.8 Å². The average molecular weight is 298 g/mol. The number of hydrogen-bond donors (Lipinski definition) is 3. The van der Waals surface area contributed by atoms with E-state index in [2.05, 4.69) is 17.1 Å². The van der Waals surface area contributed by atoms with Crippen molar-refractivity contribution >= 4 is 21.4 Å². The first-order chi connectivity index (χ1) is 9.41. The van der Waals surface area contributed by atoms with Crippen molar-refractivity contribution in [1.82, 2.24) is 4.90 Å². The maximum absolute atomic E-state index is 11.5. The number of nitrogens with zero attached hydrogens (tertiary/aromatic N) is 1. The maximum atomic E-state index is 11.5. The Hall–Kier alpha value is -1.31. The zero-order valence-corrected chi connectivity index (χ0v) is 12.5. The lowest BCUT2D eigenvalue weighted by Crippen LogP contribution is -2.31. The number of likely N-dealkylation sites (N-methyl/N-ethyl adjacent to an activating group) is 1. The van der Waals surface area contributed by atoms with E-state index in [1.54, 1.807) is 12.1 Å². The molecular weight excluding hydrogens is 276 g/mol. The zero-order valence-electron chi connectivity index (χ0n) is 11.7. The number of sulfonamides is 1. The molecule has 0 atom stereocenters. The molecule has 0 saturated heterocycles. The molecule has 1 aromatic rings. The number of hydrogen-bond acceptors (Lipinski definition) is 5. The van der Waals surface area contributed by atoms with Crippen LogP contribution in [-0.4, -0.2) is 39.0 Å². The van der Waals surface area contributed by atoms with Crippen molar-refractivity contribution in [3.8, 4) is 0 Å². The van der Waals surface area contributed by atoms with Crippen LogP contribution in [0.25, 0.3) is 0 Å². The van der Waals surface area contributed by atoms with Gasteiger partial charge in [0.2, 0.25) is 10.0 Å². The number of nitrogen functional groups attached to an aromatic ring is 1. The highest BCUT2D eigenvalue weighted by Crippen LogP contribution is 2.26. The molecule has 6 nitrogen and oxygen atoms in total. The van der Waals surface area contributed by atoms with Gasteiger partial charge >= 0.3 is 0 Å². The average Bonchev–Trinajstić information content (AvgIpc) is 3.19. The summed E-state index contributed by atoms with van der Waals surface area (Å²) >= 11 is 0. The van der Waals surface area contributed by atoms with Gasteiger partial charge in [-0.1, -0.05) is 6.92 Å². The molecule has 0 aliphatic heterocycles. The van der Waals surface area contributed by atoms with E-state index < -0.39 is 10.0 Å². The molecule has 0 aromatic heterocycles. The van der Waals surface area contributed by atoms with Crippen LogP contribution in [0.15, 0.2) is 23.1 Å². The van der Waals surface area contributed by atoms with Crippen molar-refractivity contribution in [2.24, 2.45) is 5.14 Å². The maximum Gasteiger partial charge on any atom is 0.240 e. The molecule has 0 bridgehead atoms. The van der Waals surface area contributed by atoms with Crippen LogP contribution in [-0.2, 0) is 10.0 Å². The lowest BCUT2D eigenvalue weighted by atomic mass is 10.3. The summed E-state index contributed by atoms with van der Waals surface area (Å²) in [5.41, 5.74) is 6.50. The Labute approximate surface area is 120 Å². The third-order valence-corrected chi connectivity index (χ3v) is 4.45. The SMILES string of the molecule is CCN(CCNc1ccc(N)cc1S(N)(=O)=O)C1CC1. The molecule has 1 saturated carbocycles. The van der Waals surface area contributed by atoms with E-state index in [1.165, 1.54) is 18.9 Å². The van der Waals surface area contributed by atoms with Crippen molar-refractivity contribution in [2.75, 3.05) is 30.7 Å². The Kier molecular flexibility index (Phi) is 4.52. The van der Waals surface area contributed by atoms with Crippen LogP contribution < -0.4 is 16.2 Å². The molecule has 20 heavy (non-hydrogen) atoms. The van der Waals surface area contributed by atoms with E-state index in [4.69, 9.17) is 10.9 Å². The number of anilines is 2. The zero-order chi connectivity index (χ0) is 14.8. The van der Waals surface area contributed by atoms with Crippen molar-refractivity contribution in [1.29, 1.82) is 0 Å². The molecule has 7 heteroatoms.